The van der Waals surface area contributed by atoms with Gasteiger partial charge in [-0.15, -0.1) is 0 Å². The lowest BCUT2D eigenvalue weighted by molar-refractivity contribution is -0.136. The summed E-state index contributed by atoms with van der Waals surface area (Å²) in [6.07, 6.45) is -0.174. The van der Waals surface area contributed by atoms with E-state index in [1.807, 2.05) is 7.05 Å². The van der Waals surface area contributed by atoms with Crippen LogP contribution in [0.5, 0.6) is 0 Å². The summed E-state index contributed by atoms with van der Waals surface area (Å²) in [5.74, 6) is -1.93. The standard InChI is InChI=1S/C28H27FN4O4/c1-17(34)33(13-12-30-2)22-9-7-21(8-10-22)31-27(19-5-3-4-18(14-19)15-25(35)36)26-23-11-6-20(29)16-24(23)32-28(26)37/h3-11,14,16,30-31H,12-13,15H2,1-2H3,(H,32,37)(H,35,36)/b27-26-. The van der Waals surface area contributed by atoms with Crippen molar-refractivity contribution in [1.29, 1.82) is 0 Å². The molecule has 0 saturated carbocycles. The third kappa shape index (κ3) is 5.84. The lowest BCUT2D eigenvalue weighted by atomic mass is 9.98. The van der Waals surface area contributed by atoms with Gasteiger partial charge in [-0.1, -0.05) is 18.2 Å². The zero-order valence-electron chi connectivity index (χ0n) is 20.5. The summed E-state index contributed by atoms with van der Waals surface area (Å²) in [4.78, 5) is 38.1. The van der Waals surface area contributed by atoms with Crippen LogP contribution >= 0.6 is 0 Å². The highest BCUT2D eigenvalue weighted by atomic mass is 19.1. The van der Waals surface area contributed by atoms with Crippen molar-refractivity contribution >= 4 is 46.1 Å². The van der Waals surface area contributed by atoms with Gasteiger partial charge in [0.05, 0.1) is 23.4 Å². The van der Waals surface area contributed by atoms with E-state index in [0.717, 1.165) is 5.69 Å². The molecule has 9 heteroatoms. The first-order valence-corrected chi connectivity index (χ1v) is 11.7. The minimum absolute atomic E-state index is 0.0829. The number of carbonyl (C=O) groups excluding carboxylic acids is 2. The van der Waals surface area contributed by atoms with Gasteiger partial charge in [-0.2, -0.15) is 0 Å². The number of hydrogen-bond donors (Lipinski definition) is 4. The Balaban J connectivity index is 1.77. The van der Waals surface area contributed by atoms with E-state index in [1.165, 1.54) is 25.1 Å². The topological polar surface area (TPSA) is 111 Å². The van der Waals surface area contributed by atoms with Gasteiger partial charge in [0.1, 0.15) is 5.82 Å². The highest BCUT2D eigenvalue weighted by Crippen LogP contribution is 2.38. The average Bonchev–Trinajstić information content (AvgIpc) is 3.17. The summed E-state index contributed by atoms with van der Waals surface area (Å²) in [5.41, 5.74) is 4.19. The van der Waals surface area contributed by atoms with Crippen LogP contribution in [0.25, 0.3) is 11.3 Å². The number of aliphatic carboxylic acids is 1. The normalized spacial score (nSPS) is 13.5. The fraction of sp³-hybridized carbons (Fsp3) is 0.179. The van der Waals surface area contributed by atoms with Gasteiger partial charge >= 0.3 is 5.97 Å². The lowest BCUT2D eigenvalue weighted by Crippen LogP contribution is -2.34. The second kappa shape index (κ2) is 11.0. The molecule has 4 rings (SSSR count). The van der Waals surface area contributed by atoms with E-state index in [2.05, 4.69) is 16.0 Å². The molecule has 0 bridgehead atoms. The molecule has 0 saturated heterocycles. The van der Waals surface area contributed by atoms with E-state index in [0.29, 0.717) is 52.4 Å². The van der Waals surface area contributed by atoms with Crippen molar-refractivity contribution in [1.82, 2.24) is 5.32 Å². The van der Waals surface area contributed by atoms with Crippen LogP contribution in [-0.2, 0) is 20.8 Å². The minimum atomic E-state index is -0.970. The Morgan fingerprint density at radius 1 is 1.05 bits per heavy atom. The quantitative estimate of drug-likeness (QED) is 0.330. The zero-order valence-corrected chi connectivity index (χ0v) is 20.5. The molecule has 3 aromatic rings. The van der Waals surface area contributed by atoms with Crippen LogP contribution in [0, 0.1) is 5.82 Å². The number of amides is 2. The van der Waals surface area contributed by atoms with Gasteiger partial charge in [-0.25, -0.2) is 4.39 Å². The van der Waals surface area contributed by atoms with Crippen molar-refractivity contribution in [3.8, 4) is 0 Å². The van der Waals surface area contributed by atoms with E-state index < -0.39 is 17.7 Å². The number of carbonyl (C=O) groups is 3. The molecule has 0 spiro atoms. The van der Waals surface area contributed by atoms with Crippen molar-refractivity contribution in [2.45, 2.75) is 13.3 Å². The van der Waals surface area contributed by atoms with Crippen LogP contribution in [0.4, 0.5) is 21.5 Å². The number of halogens is 1. The summed E-state index contributed by atoms with van der Waals surface area (Å²) >= 11 is 0. The number of carboxylic acids is 1. The van der Waals surface area contributed by atoms with Gasteiger partial charge in [0.15, 0.2) is 0 Å². The molecule has 1 aliphatic rings. The largest absolute Gasteiger partial charge is 0.481 e. The molecule has 4 N–H and O–H groups in total. The SMILES string of the molecule is CNCCN(C(C)=O)c1ccc(N/C(=C2\C(=O)Nc3cc(F)ccc32)c2cccc(CC(=O)O)c2)cc1. The van der Waals surface area contributed by atoms with E-state index in [1.54, 1.807) is 53.4 Å². The second-order valence-corrected chi connectivity index (χ2v) is 8.61. The summed E-state index contributed by atoms with van der Waals surface area (Å²) in [7, 11) is 1.82. The third-order valence-corrected chi connectivity index (χ3v) is 5.96. The van der Waals surface area contributed by atoms with E-state index in [-0.39, 0.29) is 12.3 Å². The molecule has 8 nitrogen and oxygen atoms in total. The molecule has 3 aromatic carbocycles. The van der Waals surface area contributed by atoms with Crippen LogP contribution in [0.15, 0.2) is 66.7 Å². The smallest absolute Gasteiger partial charge is 0.307 e. The fourth-order valence-corrected chi connectivity index (χ4v) is 4.24. The van der Waals surface area contributed by atoms with Crippen LogP contribution in [0.1, 0.15) is 23.6 Å². The lowest BCUT2D eigenvalue weighted by Gasteiger charge is -2.22. The van der Waals surface area contributed by atoms with Gasteiger partial charge in [0.2, 0.25) is 5.91 Å². The molecule has 0 atom stereocenters. The molecule has 190 valence electrons. The minimum Gasteiger partial charge on any atom is -0.481 e. The predicted molar refractivity (Wildman–Crippen MR) is 142 cm³/mol. The number of anilines is 3. The van der Waals surface area contributed by atoms with Gasteiger partial charge in [-0.3, -0.25) is 14.4 Å². The number of carboxylic acid groups (broad SMARTS) is 1. The summed E-state index contributed by atoms with van der Waals surface area (Å²) < 4.78 is 13.8. The van der Waals surface area contributed by atoms with Crippen LogP contribution < -0.4 is 20.9 Å². The number of likely N-dealkylation sites (N-methyl/N-ethyl adjacent to an activating group) is 1. The molecule has 0 radical (unpaired) electrons. The number of hydrogen-bond acceptors (Lipinski definition) is 5. The Hall–Kier alpha value is -4.50. The van der Waals surface area contributed by atoms with Crippen LogP contribution in [0.2, 0.25) is 0 Å². The third-order valence-electron chi connectivity index (χ3n) is 5.96. The monoisotopic (exact) mass is 502 g/mol. The number of nitrogens with zero attached hydrogens (tertiary/aromatic N) is 1. The highest BCUT2D eigenvalue weighted by Gasteiger charge is 2.29. The van der Waals surface area contributed by atoms with Gasteiger partial charge in [0, 0.05) is 37.0 Å². The van der Waals surface area contributed by atoms with Crippen LogP contribution in [0.3, 0.4) is 0 Å². The molecule has 0 fully saturated rings. The number of nitrogens with one attached hydrogen (secondary N) is 3. The average molecular weight is 503 g/mol. The maximum atomic E-state index is 13.8. The summed E-state index contributed by atoms with van der Waals surface area (Å²) in [6, 6.07) is 18.2. The molecule has 37 heavy (non-hydrogen) atoms. The first kappa shape index (κ1) is 25.6. The molecule has 1 aliphatic heterocycles. The molecular weight excluding hydrogens is 475 g/mol. The van der Waals surface area contributed by atoms with Crippen molar-refractivity contribution < 1.29 is 23.9 Å². The molecule has 2 amide bonds. The molecule has 0 aliphatic carbocycles. The van der Waals surface area contributed by atoms with Gasteiger partial charge < -0.3 is 26.0 Å². The van der Waals surface area contributed by atoms with E-state index in [4.69, 9.17) is 0 Å². The second-order valence-electron chi connectivity index (χ2n) is 8.61. The van der Waals surface area contributed by atoms with Crippen LogP contribution in [-0.4, -0.2) is 43.0 Å². The molecule has 1 heterocycles. The van der Waals surface area contributed by atoms with E-state index in [9.17, 15) is 23.9 Å². The number of benzene rings is 3. The maximum Gasteiger partial charge on any atom is 0.307 e. The Kier molecular flexibility index (Phi) is 7.64. The van der Waals surface area contributed by atoms with Gasteiger partial charge in [0.25, 0.3) is 5.91 Å². The summed E-state index contributed by atoms with van der Waals surface area (Å²) in [6.45, 7) is 2.66. The number of fused-ring (bicyclic) bond motifs is 1. The maximum absolute atomic E-state index is 13.8. The Morgan fingerprint density at radius 2 is 1.81 bits per heavy atom. The predicted octanol–water partition coefficient (Wildman–Crippen LogP) is 3.96. The molecule has 0 aromatic heterocycles. The first-order chi connectivity index (χ1) is 17.8. The highest BCUT2D eigenvalue weighted by molar-refractivity contribution is 6.37. The fourth-order valence-electron chi connectivity index (χ4n) is 4.24. The molecule has 0 unspecified atom stereocenters. The van der Waals surface area contributed by atoms with Crippen molar-refractivity contribution in [3.63, 3.8) is 0 Å². The first-order valence-electron chi connectivity index (χ1n) is 11.7. The van der Waals surface area contributed by atoms with Gasteiger partial charge in [-0.05, 0) is 66.7 Å². The zero-order chi connectivity index (χ0) is 26.5. The summed E-state index contributed by atoms with van der Waals surface area (Å²) in [5, 5.41) is 18.3. The van der Waals surface area contributed by atoms with Crippen molar-refractivity contribution in [2.75, 3.05) is 35.7 Å². The van der Waals surface area contributed by atoms with E-state index >= 15 is 0 Å². The van der Waals surface area contributed by atoms with Crippen molar-refractivity contribution in [3.05, 3.63) is 89.2 Å². The number of rotatable bonds is 9. The Labute approximate surface area is 213 Å². The van der Waals surface area contributed by atoms with Crippen molar-refractivity contribution in [2.24, 2.45) is 0 Å². The Morgan fingerprint density at radius 3 is 2.49 bits per heavy atom. The Bertz CT molecular complexity index is 1390. The molecular formula is C28H27FN4O4.